The number of benzene rings is 1. The molecule has 0 radical (unpaired) electrons. The van der Waals surface area contributed by atoms with Crippen molar-refractivity contribution < 1.29 is 14.3 Å². The lowest BCUT2D eigenvalue weighted by Crippen LogP contribution is -2.50. The summed E-state index contributed by atoms with van der Waals surface area (Å²) in [5.74, 6) is 0.539. The topological polar surface area (TPSA) is 85.7 Å². The molecular weight excluding hydrogens is 384 g/mol. The van der Waals surface area contributed by atoms with E-state index in [9.17, 15) is 9.59 Å². The molecule has 0 aliphatic rings. The van der Waals surface area contributed by atoms with E-state index >= 15 is 0 Å². The summed E-state index contributed by atoms with van der Waals surface area (Å²) in [7, 11) is 3.23. The molecule has 0 aliphatic heterocycles. The molecule has 1 N–H and O–H groups in total. The molecule has 2 aromatic rings. The van der Waals surface area contributed by atoms with E-state index in [1.54, 1.807) is 29.8 Å². The van der Waals surface area contributed by atoms with Gasteiger partial charge in [0.1, 0.15) is 5.82 Å². The summed E-state index contributed by atoms with van der Waals surface area (Å²) in [5, 5.41) is 3.57. The van der Waals surface area contributed by atoms with Gasteiger partial charge in [0.25, 0.3) is 5.56 Å². The number of carbonyl (C=O) groups excluding carboxylic acids is 1. The first kappa shape index (κ1) is 23.8. The quantitative estimate of drug-likeness (QED) is 0.633. The van der Waals surface area contributed by atoms with Crippen molar-refractivity contribution in [3.8, 4) is 0 Å². The molecule has 1 heterocycles. The van der Waals surface area contributed by atoms with Crippen LogP contribution < -0.4 is 10.9 Å². The van der Waals surface area contributed by atoms with Gasteiger partial charge in [0.05, 0.1) is 30.1 Å². The van der Waals surface area contributed by atoms with Crippen LogP contribution in [0.4, 0.5) is 4.79 Å². The standard InChI is InChI=1S/C22H34N4O4/c1-16(25(12-9-14-29-5)21(28)24-22(2,3)4)19-23-18-11-8-7-10-17(18)20(27)26(19)13-15-30-6/h7-8,10-11,16H,9,12-15H2,1-6H3,(H,24,28). The fraction of sp³-hybridized carbons (Fsp3) is 0.591. The second-order valence-electron chi connectivity index (χ2n) is 8.33. The van der Waals surface area contributed by atoms with Gasteiger partial charge < -0.3 is 19.7 Å². The van der Waals surface area contributed by atoms with Crippen LogP contribution in [-0.4, -0.2) is 60.0 Å². The van der Waals surface area contributed by atoms with Gasteiger partial charge in [-0.2, -0.15) is 0 Å². The summed E-state index contributed by atoms with van der Waals surface area (Å²) in [4.78, 5) is 32.7. The van der Waals surface area contributed by atoms with Crippen molar-refractivity contribution in [2.24, 2.45) is 0 Å². The lowest BCUT2D eigenvalue weighted by molar-refractivity contribution is 0.144. The first-order chi connectivity index (χ1) is 14.2. The van der Waals surface area contributed by atoms with Crippen molar-refractivity contribution in [2.45, 2.75) is 52.2 Å². The summed E-state index contributed by atoms with van der Waals surface area (Å²) in [6.07, 6.45) is 0.675. The van der Waals surface area contributed by atoms with Gasteiger partial charge in [0.2, 0.25) is 0 Å². The van der Waals surface area contributed by atoms with Crippen LogP contribution in [0.1, 0.15) is 46.0 Å². The van der Waals surface area contributed by atoms with Crippen LogP contribution in [0.2, 0.25) is 0 Å². The highest BCUT2D eigenvalue weighted by Gasteiger charge is 2.28. The third-order valence-electron chi connectivity index (χ3n) is 4.74. The molecule has 1 atom stereocenters. The molecule has 8 heteroatoms. The average Bonchev–Trinajstić information content (AvgIpc) is 2.68. The van der Waals surface area contributed by atoms with Gasteiger partial charge in [-0.3, -0.25) is 9.36 Å². The van der Waals surface area contributed by atoms with Crippen LogP contribution >= 0.6 is 0 Å². The van der Waals surface area contributed by atoms with Crippen LogP contribution in [0.3, 0.4) is 0 Å². The predicted octanol–water partition coefficient (Wildman–Crippen LogP) is 2.95. The SMILES string of the molecule is COCCCN(C(=O)NC(C)(C)C)C(C)c1nc2ccccc2c(=O)n1CCOC. The monoisotopic (exact) mass is 418 g/mol. The third kappa shape index (κ3) is 6.03. The normalized spacial score (nSPS) is 12.7. The summed E-state index contributed by atoms with van der Waals surface area (Å²) < 4.78 is 12.0. The summed E-state index contributed by atoms with van der Waals surface area (Å²) in [5.41, 5.74) is 0.0988. The first-order valence-electron chi connectivity index (χ1n) is 10.3. The lowest BCUT2D eigenvalue weighted by atomic mass is 10.1. The molecule has 30 heavy (non-hydrogen) atoms. The van der Waals surface area contributed by atoms with E-state index in [0.29, 0.717) is 49.5 Å². The Labute approximate surface area is 178 Å². The molecule has 2 amide bonds. The van der Waals surface area contributed by atoms with Crippen molar-refractivity contribution in [1.29, 1.82) is 0 Å². The Balaban J connectivity index is 2.52. The Hall–Kier alpha value is -2.45. The van der Waals surface area contributed by atoms with E-state index in [4.69, 9.17) is 14.5 Å². The number of para-hydroxylation sites is 1. The summed E-state index contributed by atoms with van der Waals surface area (Å²) >= 11 is 0. The Morgan fingerprint density at radius 3 is 2.50 bits per heavy atom. The van der Waals surface area contributed by atoms with Crippen molar-refractivity contribution in [2.75, 3.05) is 34.0 Å². The van der Waals surface area contributed by atoms with Gasteiger partial charge in [-0.1, -0.05) is 12.1 Å². The largest absolute Gasteiger partial charge is 0.385 e. The summed E-state index contributed by atoms with van der Waals surface area (Å²) in [6.45, 7) is 9.45. The molecule has 2 rings (SSSR count). The molecule has 0 aliphatic carbocycles. The van der Waals surface area contributed by atoms with E-state index in [0.717, 1.165) is 0 Å². The van der Waals surface area contributed by atoms with Crippen LogP contribution in [0.25, 0.3) is 10.9 Å². The minimum absolute atomic E-state index is 0.132. The lowest BCUT2D eigenvalue weighted by Gasteiger charge is -2.33. The maximum Gasteiger partial charge on any atom is 0.318 e. The van der Waals surface area contributed by atoms with E-state index in [1.807, 2.05) is 45.9 Å². The van der Waals surface area contributed by atoms with Crippen LogP contribution in [0.5, 0.6) is 0 Å². The molecule has 0 spiro atoms. The van der Waals surface area contributed by atoms with Crippen molar-refractivity contribution >= 4 is 16.9 Å². The maximum atomic E-state index is 13.2. The zero-order valence-corrected chi connectivity index (χ0v) is 18.9. The van der Waals surface area contributed by atoms with Crippen molar-refractivity contribution in [3.05, 3.63) is 40.4 Å². The van der Waals surface area contributed by atoms with Gasteiger partial charge in [0, 0.05) is 32.9 Å². The number of hydrogen-bond donors (Lipinski definition) is 1. The number of nitrogens with one attached hydrogen (secondary N) is 1. The van der Waals surface area contributed by atoms with E-state index in [2.05, 4.69) is 5.32 Å². The Morgan fingerprint density at radius 1 is 1.20 bits per heavy atom. The molecule has 1 aromatic heterocycles. The maximum absolute atomic E-state index is 13.2. The minimum Gasteiger partial charge on any atom is -0.385 e. The molecule has 1 aromatic carbocycles. The number of methoxy groups -OCH3 is 2. The third-order valence-corrected chi connectivity index (χ3v) is 4.74. The van der Waals surface area contributed by atoms with Gasteiger partial charge in [0.15, 0.2) is 0 Å². The number of amides is 2. The number of carbonyl (C=O) groups is 1. The predicted molar refractivity (Wildman–Crippen MR) is 118 cm³/mol. The van der Waals surface area contributed by atoms with Crippen LogP contribution in [0.15, 0.2) is 29.1 Å². The van der Waals surface area contributed by atoms with Gasteiger partial charge in [-0.25, -0.2) is 9.78 Å². The molecule has 0 fully saturated rings. The van der Waals surface area contributed by atoms with Crippen LogP contribution in [-0.2, 0) is 16.0 Å². The fourth-order valence-electron chi connectivity index (χ4n) is 3.29. The highest BCUT2D eigenvalue weighted by molar-refractivity contribution is 5.78. The minimum atomic E-state index is -0.418. The Morgan fingerprint density at radius 2 is 1.87 bits per heavy atom. The number of hydrogen-bond acceptors (Lipinski definition) is 5. The number of rotatable bonds is 9. The number of ether oxygens (including phenoxy) is 2. The van der Waals surface area contributed by atoms with Gasteiger partial charge >= 0.3 is 6.03 Å². The number of urea groups is 1. The number of nitrogens with zero attached hydrogens (tertiary/aromatic N) is 3. The Kier molecular flexibility index (Phi) is 8.37. The molecule has 166 valence electrons. The zero-order valence-electron chi connectivity index (χ0n) is 18.9. The number of fused-ring (bicyclic) bond motifs is 1. The second kappa shape index (κ2) is 10.5. The Bertz CT molecular complexity index is 904. The van der Waals surface area contributed by atoms with E-state index < -0.39 is 6.04 Å². The average molecular weight is 419 g/mol. The zero-order chi connectivity index (χ0) is 22.3. The molecule has 8 nitrogen and oxygen atoms in total. The molecule has 0 bridgehead atoms. The van der Waals surface area contributed by atoms with Crippen molar-refractivity contribution in [3.63, 3.8) is 0 Å². The molecule has 0 saturated carbocycles. The van der Waals surface area contributed by atoms with E-state index in [-0.39, 0.29) is 17.1 Å². The van der Waals surface area contributed by atoms with Crippen LogP contribution in [0, 0.1) is 0 Å². The molecular formula is C22H34N4O4. The molecule has 0 saturated heterocycles. The van der Waals surface area contributed by atoms with Crippen molar-refractivity contribution in [1.82, 2.24) is 19.8 Å². The smallest absolute Gasteiger partial charge is 0.318 e. The fourth-order valence-corrected chi connectivity index (χ4v) is 3.29. The highest BCUT2D eigenvalue weighted by atomic mass is 16.5. The van der Waals surface area contributed by atoms with Gasteiger partial charge in [-0.05, 0) is 46.2 Å². The highest BCUT2D eigenvalue weighted by Crippen LogP contribution is 2.21. The summed E-state index contributed by atoms with van der Waals surface area (Å²) in [6, 6.07) is 6.64. The second-order valence-corrected chi connectivity index (χ2v) is 8.33. The van der Waals surface area contributed by atoms with Gasteiger partial charge in [-0.15, -0.1) is 0 Å². The number of aromatic nitrogens is 2. The molecule has 1 unspecified atom stereocenters. The first-order valence-corrected chi connectivity index (χ1v) is 10.3. The van der Waals surface area contributed by atoms with E-state index in [1.165, 1.54) is 0 Å².